The Morgan fingerprint density at radius 1 is 1.16 bits per heavy atom. The molecule has 1 amide bonds. The normalized spacial score (nSPS) is 12.2. The zero-order valence-corrected chi connectivity index (χ0v) is 11.7. The molecule has 0 saturated heterocycles. The molecule has 0 bridgehead atoms. The Kier molecular flexibility index (Phi) is 4.22. The number of halogens is 1. The average molecular weight is 330 g/mol. The van der Waals surface area contributed by atoms with Crippen molar-refractivity contribution in [1.82, 2.24) is 0 Å². The molecule has 0 atom stereocenters. The molecule has 0 saturated carbocycles. The smallest absolute Gasteiger partial charge is 0.297 e. The van der Waals surface area contributed by atoms with Crippen molar-refractivity contribution in [2.24, 2.45) is 0 Å². The minimum Gasteiger partial charge on any atom is -0.325 e. The van der Waals surface area contributed by atoms with E-state index in [-0.39, 0.29) is 5.69 Å². The molecule has 1 aromatic carbocycles. The predicted octanol–water partition coefficient (Wildman–Crippen LogP) is 0.792. The molecule has 3 N–H and O–H groups in total. The lowest BCUT2D eigenvalue weighted by Gasteiger charge is -2.11. The van der Waals surface area contributed by atoms with Crippen molar-refractivity contribution in [3.63, 3.8) is 0 Å². The first-order chi connectivity index (χ1) is 8.44. The van der Waals surface area contributed by atoms with E-state index in [9.17, 15) is 21.6 Å². The largest absolute Gasteiger partial charge is 0.325 e. The van der Waals surface area contributed by atoms with E-state index in [2.05, 4.69) is 5.32 Å². The fourth-order valence-electron chi connectivity index (χ4n) is 1.27. The Bertz CT molecular complexity index is 739. The van der Waals surface area contributed by atoms with E-state index in [0.717, 1.165) is 13.0 Å². The number of anilines is 1. The van der Waals surface area contributed by atoms with Crippen molar-refractivity contribution >= 4 is 43.4 Å². The minimum atomic E-state index is -5.03. The van der Waals surface area contributed by atoms with Gasteiger partial charge in [-0.3, -0.25) is 13.9 Å². The number of carbonyl (C=O) groups is 1. The summed E-state index contributed by atoms with van der Waals surface area (Å²) in [6, 6.07) is 1.66. The first kappa shape index (κ1) is 15.9. The van der Waals surface area contributed by atoms with Gasteiger partial charge in [0.15, 0.2) is 0 Å². The van der Waals surface area contributed by atoms with Crippen LogP contribution in [0.25, 0.3) is 0 Å². The van der Waals surface area contributed by atoms with Crippen molar-refractivity contribution in [2.75, 3.05) is 5.32 Å². The maximum Gasteiger partial charge on any atom is 0.297 e. The van der Waals surface area contributed by atoms with Crippen LogP contribution in [0.3, 0.4) is 0 Å². The monoisotopic (exact) mass is 329 g/mol. The molecule has 0 aliphatic carbocycles. The summed E-state index contributed by atoms with van der Waals surface area (Å²) in [6.45, 7) is 1.11. The summed E-state index contributed by atoms with van der Waals surface area (Å²) in [7, 11) is -9.95. The fourth-order valence-corrected chi connectivity index (χ4v) is 3.70. The van der Waals surface area contributed by atoms with E-state index >= 15 is 0 Å². The molecule has 0 aliphatic heterocycles. The van der Waals surface area contributed by atoms with Gasteiger partial charge in [-0.1, -0.05) is 11.6 Å². The molecule has 8 nitrogen and oxygen atoms in total. The van der Waals surface area contributed by atoms with Gasteiger partial charge in [-0.25, -0.2) is 0 Å². The molecule has 106 valence electrons. The van der Waals surface area contributed by atoms with Crippen LogP contribution >= 0.6 is 11.6 Å². The lowest BCUT2D eigenvalue weighted by molar-refractivity contribution is -0.114. The quantitative estimate of drug-likeness (QED) is 0.697. The molecule has 0 unspecified atom stereocenters. The third kappa shape index (κ3) is 3.64. The molecule has 0 aromatic heterocycles. The highest BCUT2D eigenvalue weighted by Gasteiger charge is 2.28. The van der Waals surface area contributed by atoms with E-state index in [1.807, 2.05) is 0 Å². The number of hydrogen-bond acceptors (Lipinski definition) is 5. The number of nitrogens with one attached hydrogen (secondary N) is 1. The van der Waals surface area contributed by atoms with E-state index in [1.54, 1.807) is 0 Å². The average Bonchev–Trinajstić information content (AvgIpc) is 2.16. The van der Waals surface area contributed by atoms with E-state index in [0.29, 0.717) is 6.07 Å². The Hall–Kier alpha value is -1.20. The highest BCUT2D eigenvalue weighted by molar-refractivity contribution is 7.89. The lowest BCUT2D eigenvalue weighted by atomic mass is 10.3. The zero-order valence-electron chi connectivity index (χ0n) is 9.28. The van der Waals surface area contributed by atoms with Crippen molar-refractivity contribution in [3.8, 4) is 0 Å². The predicted molar refractivity (Wildman–Crippen MR) is 65.4 cm³/mol. The van der Waals surface area contributed by atoms with Crippen LogP contribution in [0.5, 0.6) is 0 Å². The first-order valence-corrected chi connectivity index (χ1v) is 7.75. The number of benzene rings is 1. The Morgan fingerprint density at radius 3 is 2.05 bits per heavy atom. The summed E-state index contributed by atoms with van der Waals surface area (Å²) in [5.74, 6) is -0.595. The van der Waals surface area contributed by atoms with Crippen LogP contribution in [0.1, 0.15) is 6.92 Å². The zero-order chi connectivity index (χ0) is 15.0. The highest BCUT2D eigenvalue weighted by atomic mass is 35.5. The summed E-state index contributed by atoms with van der Waals surface area (Å²) >= 11 is 5.62. The van der Waals surface area contributed by atoms with Gasteiger partial charge in [-0.2, -0.15) is 16.8 Å². The standard InChI is InChI=1S/C8H8ClNO7S2/c1-4(11)10-5-2-3-6(18(12,13)14)8(7(5)9)19(15,16)17/h2-3H,1H3,(H,10,11)(H,12,13,14)(H,15,16,17). The molecule has 0 spiro atoms. The number of carbonyl (C=O) groups excluding carboxylic acids is 1. The summed E-state index contributed by atoms with van der Waals surface area (Å²) in [5, 5.41) is 1.41. The van der Waals surface area contributed by atoms with Gasteiger partial charge < -0.3 is 5.32 Å². The summed E-state index contributed by atoms with van der Waals surface area (Å²) in [4.78, 5) is 8.56. The molecule has 0 fully saturated rings. The summed E-state index contributed by atoms with van der Waals surface area (Å²) in [6.07, 6.45) is 0. The van der Waals surface area contributed by atoms with Gasteiger partial charge in [0.2, 0.25) is 5.91 Å². The molecule has 11 heteroatoms. The first-order valence-electron chi connectivity index (χ1n) is 4.49. The SMILES string of the molecule is CC(=O)Nc1ccc(S(=O)(=O)O)c(S(=O)(=O)O)c1Cl. The van der Waals surface area contributed by atoms with Gasteiger partial charge in [0.25, 0.3) is 20.2 Å². The van der Waals surface area contributed by atoms with Crippen LogP contribution in [0.15, 0.2) is 21.9 Å². The van der Waals surface area contributed by atoms with Gasteiger partial charge in [-0.05, 0) is 12.1 Å². The van der Waals surface area contributed by atoms with E-state index in [1.165, 1.54) is 0 Å². The van der Waals surface area contributed by atoms with Crippen LogP contribution < -0.4 is 5.32 Å². The van der Waals surface area contributed by atoms with Crippen molar-refractivity contribution < 1.29 is 30.7 Å². The van der Waals surface area contributed by atoms with Crippen molar-refractivity contribution in [1.29, 1.82) is 0 Å². The van der Waals surface area contributed by atoms with Crippen LogP contribution in [-0.4, -0.2) is 31.8 Å². The Balaban J connectivity index is 3.75. The number of amides is 1. The molecule has 1 aromatic rings. The van der Waals surface area contributed by atoms with Crippen LogP contribution in [-0.2, 0) is 25.0 Å². The molecule has 0 radical (unpaired) electrons. The lowest BCUT2D eigenvalue weighted by Crippen LogP contribution is -2.12. The van der Waals surface area contributed by atoms with Crippen LogP contribution in [0.4, 0.5) is 5.69 Å². The topological polar surface area (TPSA) is 138 Å². The fraction of sp³-hybridized carbons (Fsp3) is 0.125. The van der Waals surface area contributed by atoms with Crippen molar-refractivity contribution in [3.05, 3.63) is 17.2 Å². The Morgan fingerprint density at radius 2 is 1.68 bits per heavy atom. The summed E-state index contributed by atoms with van der Waals surface area (Å²) < 4.78 is 62.2. The second-order valence-corrected chi connectivity index (χ2v) is 6.51. The molecular weight excluding hydrogens is 322 g/mol. The van der Waals surface area contributed by atoms with E-state index in [4.69, 9.17) is 20.7 Å². The van der Waals surface area contributed by atoms with Gasteiger partial charge in [0.1, 0.15) is 9.79 Å². The number of hydrogen-bond donors (Lipinski definition) is 3. The van der Waals surface area contributed by atoms with Gasteiger partial charge in [0, 0.05) is 6.92 Å². The second-order valence-electron chi connectivity index (χ2n) is 3.39. The summed E-state index contributed by atoms with van der Waals surface area (Å²) in [5.41, 5.74) is -0.228. The van der Waals surface area contributed by atoms with Gasteiger partial charge in [-0.15, -0.1) is 0 Å². The third-order valence-electron chi connectivity index (χ3n) is 1.91. The molecule has 0 heterocycles. The van der Waals surface area contributed by atoms with E-state index < -0.39 is 41.0 Å². The molecule has 0 aliphatic rings. The maximum atomic E-state index is 11.1. The molecule has 1 rings (SSSR count). The minimum absolute atomic E-state index is 0.228. The third-order valence-corrected chi connectivity index (χ3v) is 4.38. The number of rotatable bonds is 3. The molecule has 19 heavy (non-hydrogen) atoms. The van der Waals surface area contributed by atoms with Crippen molar-refractivity contribution in [2.45, 2.75) is 16.7 Å². The Labute approximate surface area is 113 Å². The van der Waals surface area contributed by atoms with Gasteiger partial charge >= 0.3 is 0 Å². The highest BCUT2D eigenvalue weighted by Crippen LogP contribution is 2.34. The maximum absolute atomic E-state index is 11.1. The van der Waals surface area contributed by atoms with Gasteiger partial charge in [0.05, 0.1) is 10.7 Å². The molecular formula is C8H8ClNO7S2. The van der Waals surface area contributed by atoms with Crippen LogP contribution in [0.2, 0.25) is 5.02 Å². The second kappa shape index (κ2) is 5.06. The van der Waals surface area contributed by atoms with Crippen LogP contribution in [0, 0.1) is 0 Å².